The molecule has 7 heteroatoms. The van der Waals surface area contributed by atoms with Crippen molar-refractivity contribution in [2.24, 2.45) is 0 Å². The SMILES string of the molecule is CS(=O)CCNC(=O)N1Cc2ccccc2C[C@H]1C(=O)O. The van der Waals surface area contributed by atoms with Crippen LogP contribution in [0.5, 0.6) is 0 Å². The van der Waals surface area contributed by atoms with Crippen LogP contribution in [0.15, 0.2) is 24.3 Å². The molecule has 2 atom stereocenters. The van der Waals surface area contributed by atoms with Gasteiger partial charge in [0.25, 0.3) is 0 Å². The number of hydrogen-bond donors (Lipinski definition) is 2. The summed E-state index contributed by atoms with van der Waals surface area (Å²) in [6, 6.07) is 6.23. The van der Waals surface area contributed by atoms with E-state index in [-0.39, 0.29) is 13.1 Å². The second-order valence-electron chi connectivity index (χ2n) is 4.96. The summed E-state index contributed by atoms with van der Waals surface area (Å²) in [4.78, 5) is 24.9. The van der Waals surface area contributed by atoms with Crippen molar-refractivity contribution in [2.75, 3.05) is 18.6 Å². The van der Waals surface area contributed by atoms with Gasteiger partial charge >= 0.3 is 12.0 Å². The van der Waals surface area contributed by atoms with E-state index in [4.69, 9.17) is 0 Å². The van der Waals surface area contributed by atoms with Crippen molar-refractivity contribution in [1.82, 2.24) is 10.2 Å². The molecule has 0 spiro atoms. The maximum atomic E-state index is 12.2. The second-order valence-corrected chi connectivity index (χ2v) is 6.52. The van der Waals surface area contributed by atoms with Gasteiger partial charge in [-0.25, -0.2) is 9.59 Å². The van der Waals surface area contributed by atoms with E-state index in [2.05, 4.69) is 5.32 Å². The van der Waals surface area contributed by atoms with Crippen LogP contribution in [0.4, 0.5) is 4.79 Å². The largest absolute Gasteiger partial charge is 0.480 e. The molecule has 6 nitrogen and oxygen atoms in total. The van der Waals surface area contributed by atoms with Gasteiger partial charge in [0.2, 0.25) is 0 Å². The highest BCUT2D eigenvalue weighted by atomic mass is 32.2. The molecule has 2 amide bonds. The fourth-order valence-corrected chi connectivity index (χ4v) is 2.75. The van der Waals surface area contributed by atoms with Crippen LogP contribution in [0.25, 0.3) is 0 Å². The molecule has 0 radical (unpaired) electrons. The van der Waals surface area contributed by atoms with E-state index in [0.717, 1.165) is 11.1 Å². The molecule has 2 N–H and O–H groups in total. The Bertz CT molecular complexity index is 576. The maximum Gasteiger partial charge on any atom is 0.326 e. The molecule has 0 saturated heterocycles. The van der Waals surface area contributed by atoms with Gasteiger partial charge in [-0.1, -0.05) is 24.3 Å². The molecule has 1 aliphatic heterocycles. The Kier molecular flexibility index (Phi) is 4.95. The lowest BCUT2D eigenvalue weighted by Gasteiger charge is -2.34. The first-order chi connectivity index (χ1) is 9.99. The summed E-state index contributed by atoms with van der Waals surface area (Å²) < 4.78 is 11.0. The summed E-state index contributed by atoms with van der Waals surface area (Å²) >= 11 is 0. The molecule has 2 rings (SSSR count). The van der Waals surface area contributed by atoms with Crippen LogP contribution in [0, 0.1) is 0 Å². The highest BCUT2D eigenvalue weighted by molar-refractivity contribution is 7.84. The first kappa shape index (κ1) is 15.5. The van der Waals surface area contributed by atoms with Crippen molar-refractivity contribution in [1.29, 1.82) is 0 Å². The van der Waals surface area contributed by atoms with Gasteiger partial charge < -0.3 is 15.3 Å². The highest BCUT2D eigenvalue weighted by Crippen LogP contribution is 2.23. The molecule has 0 fully saturated rings. The maximum absolute atomic E-state index is 12.2. The van der Waals surface area contributed by atoms with Crippen LogP contribution < -0.4 is 5.32 Å². The third kappa shape index (κ3) is 3.81. The number of nitrogens with one attached hydrogen (secondary N) is 1. The smallest absolute Gasteiger partial charge is 0.326 e. The minimum Gasteiger partial charge on any atom is -0.480 e. The van der Waals surface area contributed by atoms with Crippen molar-refractivity contribution in [3.63, 3.8) is 0 Å². The number of hydrogen-bond acceptors (Lipinski definition) is 3. The summed E-state index contributed by atoms with van der Waals surface area (Å²) in [5, 5.41) is 12.0. The van der Waals surface area contributed by atoms with E-state index in [1.54, 1.807) is 6.26 Å². The minimum absolute atomic E-state index is 0.270. The van der Waals surface area contributed by atoms with E-state index in [1.165, 1.54) is 4.90 Å². The predicted molar refractivity (Wildman–Crippen MR) is 79.4 cm³/mol. The molecule has 1 heterocycles. The molecule has 1 unspecified atom stereocenters. The summed E-state index contributed by atoms with van der Waals surface area (Å²) in [5.41, 5.74) is 1.92. The molecule has 0 aliphatic carbocycles. The van der Waals surface area contributed by atoms with Crippen LogP contribution >= 0.6 is 0 Å². The zero-order chi connectivity index (χ0) is 15.4. The van der Waals surface area contributed by atoms with E-state index >= 15 is 0 Å². The lowest BCUT2D eigenvalue weighted by molar-refractivity contribution is -0.142. The number of carboxylic acids is 1. The first-order valence-corrected chi connectivity index (χ1v) is 8.36. The number of amides is 2. The van der Waals surface area contributed by atoms with Crippen molar-refractivity contribution in [3.05, 3.63) is 35.4 Å². The van der Waals surface area contributed by atoms with Crippen LogP contribution in [0.2, 0.25) is 0 Å². The number of rotatable bonds is 4. The highest BCUT2D eigenvalue weighted by Gasteiger charge is 2.34. The van der Waals surface area contributed by atoms with Crippen molar-refractivity contribution in [3.8, 4) is 0 Å². The number of aliphatic carboxylic acids is 1. The molecule has 0 aromatic heterocycles. The van der Waals surface area contributed by atoms with E-state index in [0.29, 0.717) is 12.2 Å². The number of carbonyl (C=O) groups is 2. The third-order valence-electron chi connectivity index (χ3n) is 3.46. The molecule has 1 aromatic rings. The van der Waals surface area contributed by atoms with Crippen molar-refractivity contribution in [2.45, 2.75) is 19.0 Å². The van der Waals surface area contributed by atoms with Crippen LogP contribution in [0.1, 0.15) is 11.1 Å². The van der Waals surface area contributed by atoms with Gasteiger partial charge in [0.05, 0.1) is 0 Å². The molecule has 21 heavy (non-hydrogen) atoms. The van der Waals surface area contributed by atoms with Crippen LogP contribution in [-0.4, -0.2) is 50.8 Å². The summed E-state index contributed by atoms with van der Waals surface area (Å²) in [6.45, 7) is 0.542. The van der Waals surface area contributed by atoms with Gasteiger partial charge in [-0.05, 0) is 11.1 Å². The van der Waals surface area contributed by atoms with E-state index < -0.39 is 28.8 Å². The molecular weight excluding hydrogens is 292 g/mol. The zero-order valence-electron chi connectivity index (χ0n) is 11.7. The van der Waals surface area contributed by atoms with Crippen LogP contribution in [-0.2, 0) is 28.6 Å². The second kappa shape index (κ2) is 6.71. The summed E-state index contributed by atoms with van der Waals surface area (Å²) in [7, 11) is -0.990. The van der Waals surface area contributed by atoms with Gasteiger partial charge in [-0.15, -0.1) is 0 Å². The van der Waals surface area contributed by atoms with Crippen molar-refractivity contribution >= 4 is 22.8 Å². The number of fused-ring (bicyclic) bond motifs is 1. The number of urea groups is 1. The standard InChI is InChI=1S/C14H18N2O4S/c1-21(20)7-6-15-14(19)16-9-11-5-3-2-4-10(11)8-12(16)13(17)18/h2-5,12H,6-9H2,1H3,(H,15,19)(H,17,18)/t12-,21?/m0/s1. The third-order valence-corrected chi connectivity index (χ3v) is 4.24. The van der Waals surface area contributed by atoms with Gasteiger partial charge in [0.15, 0.2) is 0 Å². The quantitative estimate of drug-likeness (QED) is 0.852. The van der Waals surface area contributed by atoms with Crippen molar-refractivity contribution < 1.29 is 18.9 Å². The number of carboxylic acid groups (broad SMARTS) is 1. The van der Waals surface area contributed by atoms with E-state index in [1.807, 2.05) is 24.3 Å². The fourth-order valence-electron chi connectivity index (χ4n) is 2.36. The molecule has 0 saturated carbocycles. The normalized spacial score (nSPS) is 18.7. The molecule has 1 aromatic carbocycles. The number of carbonyl (C=O) groups excluding carboxylic acids is 1. The Morgan fingerprint density at radius 2 is 2.05 bits per heavy atom. The summed E-state index contributed by atoms with van der Waals surface area (Å²) in [5.74, 6) is -0.660. The Hall–Kier alpha value is -1.89. The Labute approximate surface area is 125 Å². The van der Waals surface area contributed by atoms with E-state index in [9.17, 15) is 18.9 Å². The first-order valence-electron chi connectivity index (χ1n) is 6.63. The average molecular weight is 310 g/mol. The average Bonchev–Trinajstić information content (AvgIpc) is 2.45. The topological polar surface area (TPSA) is 86.7 Å². The number of benzene rings is 1. The predicted octanol–water partition coefficient (Wildman–Crippen LogP) is 0.586. The Morgan fingerprint density at radius 1 is 1.38 bits per heavy atom. The van der Waals surface area contributed by atoms with Crippen LogP contribution in [0.3, 0.4) is 0 Å². The Balaban J connectivity index is 2.11. The molecule has 114 valence electrons. The molecular formula is C14H18N2O4S. The number of nitrogens with zero attached hydrogens (tertiary/aromatic N) is 1. The van der Waals surface area contributed by atoms with Gasteiger partial charge in [0, 0.05) is 42.3 Å². The molecule has 0 bridgehead atoms. The fraction of sp³-hybridized carbons (Fsp3) is 0.429. The zero-order valence-corrected chi connectivity index (χ0v) is 12.6. The lowest BCUT2D eigenvalue weighted by Crippen LogP contribution is -2.52. The summed E-state index contributed by atoms with van der Waals surface area (Å²) in [6.07, 6.45) is 1.86. The van der Waals surface area contributed by atoms with Gasteiger partial charge in [-0.3, -0.25) is 4.21 Å². The Morgan fingerprint density at radius 3 is 2.67 bits per heavy atom. The van der Waals surface area contributed by atoms with Gasteiger partial charge in [0.1, 0.15) is 6.04 Å². The molecule has 1 aliphatic rings. The monoisotopic (exact) mass is 310 g/mol. The minimum atomic E-state index is -1.02. The lowest BCUT2D eigenvalue weighted by atomic mass is 9.94. The van der Waals surface area contributed by atoms with Gasteiger partial charge in [-0.2, -0.15) is 0 Å².